The van der Waals surface area contributed by atoms with Crippen molar-refractivity contribution in [1.29, 1.82) is 0 Å². The number of aromatic nitrogens is 1. The van der Waals surface area contributed by atoms with Crippen LogP contribution in [0.3, 0.4) is 0 Å². The molecule has 0 saturated heterocycles. The molecule has 2 heteroatoms. The molecule has 0 amide bonds. The minimum Gasteiger partial charge on any atom is -0.310 e. The van der Waals surface area contributed by atoms with Crippen molar-refractivity contribution in [3.05, 3.63) is 194 Å². The average molecular weight is 637 g/mol. The Balaban J connectivity index is 1.25. The van der Waals surface area contributed by atoms with Gasteiger partial charge in [-0.1, -0.05) is 133 Å². The van der Waals surface area contributed by atoms with Crippen molar-refractivity contribution in [2.75, 3.05) is 4.90 Å². The summed E-state index contributed by atoms with van der Waals surface area (Å²) in [6.45, 7) is 0. The molecule has 10 aromatic rings. The van der Waals surface area contributed by atoms with Crippen molar-refractivity contribution in [2.45, 2.75) is 0 Å². The molecular weight excluding hydrogens is 605 g/mol. The van der Waals surface area contributed by atoms with Gasteiger partial charge in [0.25, 0.3) is 0 Å². The lowest BCUT2D eigenvalue weighted by Gasteiger charge is -2.26. The minimum atomic E-state index is 1.11. The van der Waals surface area contributed by atoms with E-state index < -0.39 is 0 Å². The van der Waals surface area contributed by atoms with Crippen LogP contribution >= 0.6 is 0 Å². The normalized spacial score (nSPS) is 11.6. The lowest BCUT2D eigenvalue weighted by molar-refractivity contribution is 1.18. The third-order valence-electron chi connectivity index (χ3n) is 10.1. The zero-order chi connectivity index (χ0) is 33.0. The SMILES string of the molecule is c1ccc(-c2cc3ccccc3c3c2ccc2ccc(N(c4ccccc4)c4ccc5c6ccccc6n(-c6ccccc6)c5c4)cc23)cc1. The van der Waals surface area contributed by atoms with Gasteiger partial charge >= 0.3 is 0 Å². The number of anilines is 3. The summed E-state index contributed by atoms with van der Waals surface area (Å²) in [5.41, 5.74) is 9.36. The van der Waals surface area contributed by atoms with Crippen LogP contribution in [0, 0.1) is 0 Å². The van der Waals surface area contributed by atoms with Crippen LogP contribution in [0.4, 0.5) is 17.1 Å². The molecule has 0 aliphatic carbocycles. The van der Waals surface area contributed by atoms with Gasteiger partial charge < -0.3 is 9.47 Å². The highest BCUT2D eigenvalue weighted by Crippen LogP contribution is 2.43. The topological polar surface area (TPSA) is 8.17 Å². The van der Waals surface area contributed by atoms with Crippen molar-refractivity contribution in [1.82, 2.24) is 4.57 Å². The van der Waals surface area contributed by atoms with Crippen molar-refractivity contribution >= 4 is 71.2 Å². The first-order chi connectivity index (χ1) is 24.8. The summed E-state index contributed by atoms with van der Waals surface area (Å²) in [6.07, 6.45) is 0. The molecule has 0 aliphatic rings. The number of nitrogens with zero attached hydrogens (tertiary/aromatic N) is 2. The van der Waals surface area contributed by atoms with Gasteiger partial charge in [0, 0.05) is 33.5 Å². The molecule has 0 aliphatic heterocycles. The maximum Gasteiger partial charge on any atom is 0.0561 e. The van der Waals surface area contributed by atoms with E-state index in [0.717, 1.165) is 22.7 Å². The van der Waals surface area contributed by atoms with Crippen molar-refractivity contribution < 1.29 is 0 Å². The molecule has 0 radical (unpaired) electrons. The quantitative estimate of drug-likeness (QED) is 0.171. The predicted octanol–water partition coefficient (Wildman–Crippen LogP) is 13.4. The first-order valence-corrected chi connectivity index (χ1v) is 17.2. The van der Waals surface area contributed by atoms with E-state index in [1.165, 1.54) is 65.3 Å². The summed E-state index contributed by atoms with van der Waals surface area (Å²) in [4.78, 5) is 2.40. The number of rotatable bonds is 5. The maximum absolute atomic E-state index is 2.40. The second kappa shape index (κ2) is 11.5. The van der Waals surface area contributed by atoms with E-state index in [9.17, 15) is 0 Å². The third-order valence-corrected chi connectivity index (χ3v) is 10.1. The molecule has 0 spiro atoms. The Labute approximate surface area is 290 Å². The van der Waals surface area contributed by atoms with Crippen LogP contribution in [-0.4, -0.2) is 4.57 Å². The first kappa shape index (κ1) is 28.4. The first-order valence-electron chi connectivity index (χ1n) is 17.2. The highest BCUT2D eigenvalue weighted by Gasteiger charge is 2.19. The van der Waals surface area contributed by atoms with Gasteiger partial charge in [0.05, 0.1) is 11.0 Å². The summed E-state index contributed by atoms with van der Waals surface area (Å²) in [7, 11) is 0. The Kier molecular flexibility index (Phi) is 6.53. The van der Waals surface area contributed by atoms with Gasteiger partial charge in [-0.3, -0.25) is 0 Å². The molecule has 1 aromatic heterocycles. The van der Waals surface area contributed by atoms with Gasteiger partial charge in [-0.05, 0) is 104 Å². The van der Waals surface area contributed by atoms with Crippen LogP contribution in [-0.2, 0) is 0 Å². The molecule has 0 atom stereocenters. The Morgan fingerprint density at radius 2 is 0.940 bits per heavy atom. The van der Waals surface area contributed by atoms with Crippen molar-refractivity contribution in [2.24, 2.45) is 0 Å². The highest BCUT2D eigenvalue weighted by atomic mass is 15.1. The molecule has 234 valence electrons. The Morgan fingerprint density at radius 3 is 1.76 bits per heavy atom. The fraction of sp³-hybridized carbons (Fsp3) is 0. The van der Waals surface area contributed by atoms with E-state index in [1.807, 2.05) is 0 Å². The molecule has 9 aromatic carbocycles. The standard InChI is InChI=1S/C48H32N2/c1-4-14-33(15-5-1)44-30-35-16-10-11-21-40(35)48-43(44)28-25-34-24-26-38(31-45(34)48)49(36-17-6-2-7-18-36)39-27-29-42-41-22-12-13-23-46(41)50(47(42)32-39)37-19-8-3-9-20-37/h1-32H. The number of benzene rings is 9. The monoisotopic (exact) mass is 636 g/mol. The molecule has 0 unspecified atom stereocenters. The van der Waals surface area contributed by atoms with Gasteiger partial charge in [0.15, 0.2) is 0 Å². The van der Waals surface area contributed by atoms with Crippen LogP contribution in [0.25, 0.3) is 70.9 Å². The zero-order valence-electron chi connectivity index (χ0n) is 27.4. The lowest BCUT2D eigenvalue weighted by Crippen LogP contribution is -2.10. The molecule has 50 heavy (non-hydrogen) atoms. The van der Waals surface area contributed by atoms with E-state index in [-0.39, 0.29) is 0 Å². The van der Waals surface area contributed by atoms with E-state index in [2.05, 4.69) is 204 Å². The fourth-order valence-corrected chi connectivity index (χ4v) is 7.88. The smallest absolute Gasteiger partial charge is 0.0561 e. The summed E-state index contributed by atoms with van der Waals surface area (Å²) < 4.78 is 2.39. The Morgan fingerprint density at radius 1 is 0.340 bits per heavy atom. The number of hydrogen-bond acceptors (Lipinski definition) is 1. The summed E-state index contributed by atoms with van der Waals surface area (Å²) in [5, 5.41) is 10.0. The molecule has 1 heterocycles. The van der Waals surface area contributed by atoms with Gasteiger partial charge in [0.2, 0.25) is 0 Å². The zero-order valence-corrected chi connectivity index (χ0v) is 27.4. The van der Waals surface area contributed by atoms with Crippen molar-refractivity contribution in [3.63, 3.8) is 0 Å². The van der Waals surface area contributed by atoms with Gasteiger partial charge in [-0.2, -0.15) is 0 Å². The summed E-state index contributed by atoms with van der Waals surface area (Å²) in [5.74, 6) is 0. The van der Waals surface area contributed by atoms with Crippen LogP contribution in [0.1, 0.15) is 0 Å². The molecule has 0 saturated carbocycles. The molecule has 10 rings (SSSR count). The molecule has 0 bridgehead atoms. The Hall–Kier alpha value is -6.64. The minimum absolute atomic E-state index is 1.11. The summed E-state index contributed by atoms with van der Waals surface area (Å²) in [6, 6.07) is 70.5. The van der Waals surface area contributed by atoms with E-state index in [0.29, 0.717) is 0 Å². The summed E-state index contributed by atoms with van der Waals surface area (Å²) >= 11 is 0. The molecule has 2 nitrogen and oxygen atoms in total. The largest absolute Gasteiger partial charge is 0.310 e. The number of fused-ring (bicyclic) bond motifs is 8. The third kappa shape index (κ3) is 4.50. The molecule has 0 N–H and O–H groups in total. The van der Waals surface area contributed by atoms with E-state index in [1.54, 1.807) is 0 Å². The van der Waals surface area contributed by atoms with Gasteiger partial charge in [-0.15, -0.1) is 0 Å². The second-order valence-corrected chi connectivity index (χ2v) is 13.0. The predicted molar refractivity (Wildman–Crippen MR) is 213 cm³/mol. The second-order valence-electron chi connectivity index (χ2n) is 13.0. The Bertz CT molecular complexity index is 2850. The van der Waals surface area contributed by atoms with Gasteiger partial charge in [0.1, 0.15) is 0 Å². The van der Waals surface area contributed by atoms with Gasteiger partial charge in [-0.25, -0.2) is 0 Å². The van der Waals surface area contributed by atoms with Crippen LogP contribution in [0.2, 0.25) is 0 Å². The average Bonchev–Trinajstić information content (AvgIpc) is 3.52. The van der Waals surface area contributed by atoms with E-state index in [4.69, 9.17) is 0 Å². The molecular formula is C48H32N2. The molecule has 0 fully saturated rings. The maximum atomic E-state index is 2.40. The fourth-order valence-electron chi connectivity index (χ4n) is 7.88. The van der Waals surface area contributed by atoms with Crippen LogP contribution in [0.5, 0.6) is 0 Å². The number of para-hydroxylation sites is 3. The number of hydrogen-bond donors (Lipinski definition) is 0. The van der Waals surface area contributed by atoms with Crippen LogP contribution in [0.15, 0.2) is 194 Å². The van der Waals surface area contributed by atoms with Crippen molar-refractivity contribution in [3.8, 4) is 16.8 Å². The van der Waals surface area contributed by atoms with Crippen LogP contribution < -0.4 is 4.90 Å². The highest BCUT2D eigenvalue weighted by molar-refractivity contribution is 6.24. The van der Waals surface area contributed by atoms with E-state index >= 15 is 0 Å². The lowest BCUT2D eigenvalue weighted by atomic mass is 9.90.